The molecule has 0 unspecified atom stereocenters. The molecule has 4 rings (SSSR count). The molecule has 1 fully saturated rings. The quantitative estimate of drug-likeness (QED) is 0.530. The Balaban J connectivity index is 1.51. The highest BCUT2D eigenvalue weighted by Crippen LogP contribution is 2.28. The average Bonchev–Trinajstić information content (AvgIpc) is 3.42. The fourth-order valence-corrected chi connectivity index (χ4v) is 4.28. The second kappa shape index (κ2) is 9.69. The molecule has 1 aliphatic heterocycles. The van der Waals surface area contributed by atoms with Crippen LogP contribution in [0.2, 0.25) is 5.02 Å². The van der Waals surface area contributed by atoms with Crippen LogP contribution in [-0.4, -0.2) is 40.5 Å². The van der Waals surface area contributed by atoms with Gasteiger partial charge in [0.25, 0.3) is 0 Å². The predicted molar refractivity (Wildman–Crippen MR) is 121 cm³/mol. The minimum atomic E-state index is -0.0120. The largest absolute Gasteiger partial charge is 0.376 e. The maximum atomic E-state index is 12.3. The lowest BCUT2D eigenvalue weighted by molar-refractivity contribution is -0.119. The molecule has 0 saturated carbocycles. The number of aryl methyl sites for hydroxylation is 1. The molecule has 0 bridgehead atoms. The zero-order valence-corrected chi connectivity index (χ0v) is 18.4. The van der Waals surface area contributed by atoms with E-state index in [0.717, 1.165) is 41.5 Å². The normalized spacial score (nSPS) is 16.0. The maximum absolute atomic E-state index is 12.3. The zero-order valence-electron chi connectivity index (χ0n) is 16.8. The summed E-state index contributed by atoms with van der Waals surface area (Å²) in [5.41, 5.74) is 4.03. The third-order valence-corrected chi connectivity index (χ3v) is 6.21. The van der Waals surface area contributed by atoms with Crippen LogP contribution in [0.3, 0.4) is 0 Å². The van der Waals surface area contributed by atoms with Gasteiger partial charge in [0.1, 0.15) is 0 Å². The van der Waals surface area contributed by atoms with Crippen LogP contribution in [0.25, 0.3) is 16.9 Å². The van der Waals surface area contributed by atoms with Crippen LogP contribution in [0.1, 0.15) is 18.4 Å². The first-order valence-corrected chi connectivity index (χ1v) is 11.4. The van der Waals surface area contributed by atoms with Gasteiger partial charge in [-0.3, -0.25) is 9.36 Å². The summed E-state index contributed by atoms with van der Waals surface area (Å²) >= 11 is 7.45. The third kappa shape index (κ3) is 5.25. The molecule has 3 aromatic rings. The van der Waals surface area contributed by atoms with Gasteiger partial charge in [-0.25, -0.2) is 4.98 Å². The van der Waals surface area contributed by atoms with Gasteiger partial charge in [-0.2, -0.15) is 0 Å². The Kier molecular flexibility index (Phi) is 6.77. The molecule has 0 radical (unpaired) electrons. The van der Waals surface area contributed by atoms with Gasteiger partial charge >= 0.3 is 0 Å². The van der Waals surface area contributed by atoms with Gasteiger partial charge in [-0.1, -0.05) is 53.2 Å². The molecule has 156 valence electrons. The first kappa shape index (κ1) is 21.0. The van der Waals surface area contributed by atoms with Crippen molar-refractivity contribution in [1.82, 2.24) is 14.9 Å². The smallest absolute Gasteiger partial charge is 0.230 e. The van der Waals surface area contributed by atoms with Crippen molar-refractivity contribution in [2.75, 3.05) is 18.9 Å². The predicted octanol–water partition coefficient (Wildman–Crippen LogP) is 4.89. The Hall–Kier alpha value is -2.28. The molecule has 0 spiro atoms. The molecule has 1 N–H and O–H groups in total. The van der Waals surface area contributed by atoms with E-state index in [1.54, 1.807) is 0 Å². The monoisotopic (exact) mass is 441 g/mol. The fourth-order valence-electron chi connectivity index (χ4n) is 3.33. The molecule has 1 amide bonds. The van der Waals surface area contributed by atoms with Crippen molar-refractivity contribution >= 4 is 29.3 Å². The standard InChI is InChI=1S/C23H24ClN3O2S/c1-16-4-10-19(11-5-16)27-14-21(17-6-8-18(24)9-7-17)26-23(27)30-15-22(28)25-13-20-3-2-12-29-20/h4-11,14,20H,2-3,12-13,15H2,1H3,(H,25,28)/t20-/m0/s1. The van der Waals surface area contributed by atoms with E-state index in [1.165, 1.54) is 17.3 Å². The van der Waals surface area contributed by atoms with Gasteiger partial charge in [-0.15, -0.1) is 0 Å². The summed E-state index contributed by atoms with van der Waals surface area (Å²) in [5, 5.41) is 4.43. The molecule has 1 saturated heterocycles. The van der Waals surface area contributed by atoms with E-state index in [2.05, 4.69) is 36.5 Å². The van der Waals surface area contributed by atoms with Gasteiger partial charge in [-0.05, 0) is 44.0 Å². The Morgan fingerprint density at radius 2 is 2.00 bits per heavy atom. The Labute approximate surface area is 185 Å². The van der Waals surface area contributed by atoms with Crippen molar-refractivity contribution in [3.05, 3.63) is 65.3 Å². The van der Waals surface area contributed by atoms with E-state index in [4.69, 9.17) is 21.3 Å². The number of amides is 1. The number of hydrogen-bond donors (Lipinski definition) is 1. The lowest BCUT2D eigenvalue weighted by atomic mass is 10.2. The molecule has 5 nitrogen and oxygen atoms in total. The molecule has 1 aromatic heterocycles. The van der Waals surface area contributed by atoms with Crippen LogP contribution < -0.4 is 5.32 Å². The lowest BCUT2D eigenvalue weighted by Gasteiger charge is -2.11. The topological polar surface area (TPSA) is 56.2 Å². The number of benzene rings is 2. The van der Waals surface area contributed by atoms with Gasteiger partial charge < -0.3 is 10.1 Å². The minimum Gasteiger partial charge on any atom is -0.376 e. The number of aromatic nitrogens is 2. The summed E-state index contributed by atoms with van der Waals surface area (Å²) < 4.78 is 7.60. The van der Waals surface area contributed by atoms with Crippen molar-refractivity contribution in [3.63, 3.8) is 0 Å². The van der Waals surface area contributed by atoms with Crippen molar-refractivity contribution in [3.8, 4) is 16.9 Å². The maximum Gasteiger partial charge on any atom is 0.230 e. The Morgan fingerprint density at radius 1 is 1.23 bits per heavy atom. The third-order valence-electron chi connectivity index (χ3n) is 5.01. The molecule has 1 atom stereocenters. The van der Waals surface area contributed by atoms with Crippen LogP contribution in [-0.2, 0) is 9.53 Å². The Morgan fingerprint density at radius 3 is 2.70 bits per heavy atom. The number of halogens is 1. The van der Waals surface area contributed by atoms with Crippen LogP contribution in [0.4, 0.5) is 0 Å². The van der Waals surface area contributed by atoms with E-state index >= 15 is 0 Å². The fraction of sp³-hybridized carbons (Fsp3) is 0.304. The minimum absolute atomic E-state index is 0.0120. The first-order chi connectivity index (χ1) is 14.6. The summed E-state index contributed by atoms with van der Waals surface area (Å²) in [4.78, 5) is 17.1. The highest BCUT2D eigenvalue weighted by molar-refractivity contribution is 7.99. The number of hydrogen-bond acceptors (Lipinski definition) is 4. The summed E-state index contributed by atoms with van der Waals surface area (Å²) in [6.07, 6.45) is 4.22. The molecule has 2 aromatic carbocycles. The van der Waals surface area contributed by atoms with Gasteiger partial charge in [0.15, 0.2) is 5.16 Å². The van der Waals surface area contributed by atoms with Crippen LogP contribution in [0.5, 0.6) is 0 Å². The van der Waals surface area contributed by atoms with Crippen molar-refractivity contribution in [2.24, 2.45) is 0 Å². The van der Waals surface area contributed by atoms with Crippen LogP contribution in [0, 0.1) is 6.92 Å². The molecule has 2 heterocycles. The van der Waals surface area contributed by atoms with E-state index < -0.39 is 0 Å². The number of thioether (sulfide) groups is 1. The summed E-state index contributed by atoms with van der Waals surface area (Å²) in [5.74, 6) is 0.289. The van der Waals surface area contributed by atoms with Gasteiger partial charge in [0, 0.05) is 35.6 Å². The Bertz CT molecular complexity index is 996. The first-order valence-electron chi connectivity index (χ1n) is 10.0. The second-order valence-electron chi connectivity index (χ2n) is 7.35. The molecular weight excluding hydrogens is 418 g/mol. The van der Waals surface area contributed by atoms with Crippen LogP contribution in [0.15, 0.2) is 59.9 Å². The molecule has 0 aliphatic carbocycles. The van der Waals surface area contributed by atoms with E-state index in [9.17, 15) is 4.79 Å². The number of carbonyl (C=O) groups is 1. The second-order valence-corrected chi connectivity index (χ2v) is 8.73. The van der Waals surface area contributed by atoms with Crippen LogP contribution >= 0.6 is 23.4 Å². The summed E-state index contributed by atoms with van der Waals surface area (Å²) in [7, 11) is 0. The lowest BCUT2D eigenvalue weighted by Crippen LogP contribution is -2.32. The highest BCUT2D eigenvalue weighted by atomic mass is 35.5. The highest BCUT2D eigenvalue weighted by Gasteiger charge is 2.17. The summed E-state index contributed by atoms with van der Waals surface area (Å²) in [6.45, 7) is 3.42. The number of imidazole rings is 1. The number of ether oxygens (including phenoxy) is 1. The van der Waals surface area contributed by atoms with Crippen molar-refractivity contribution in [2.45, 2.75) is 31.0 Å². The molecular formula is C23H24ClN3O2S. The molecule has 30 heavy (non-hydrogen) atoms. The van der Waals surface area contributed by atoms with Crippen molar-refractivity contribution < 1.29 is 9.53 Å². The number of rotatable bonds is 7. The van der Waals surface area contributed by atoms with E-state index in [1.807, 2.05) is 35.0 Å². The van der Waals surface area contributed by atoms with E-state index in [0.29, 0.717) is 17.3 Å². The van der Waals surface area contributed by atoms with Gasteiger partial charge in [0.2, 0.25) is 5.91 Å². The molecule has 1 aliphatic rings. The summed E-state index contributed by atoms with van der Waals surface area (Å²) in [6, 6.07) is 15.9. The molecule has 7 heteroatoms. The van der Waals surface area contributed by atoms with Crippen molar-refractivity contribution in [1.29, 1.82) is 0 Å². The number of carbonyl (C=O) groups excluding carboxylic acids is 1. The zero-order chi connectivity index (χ0) is 20.9. The number of nitrogens with one attached hydrogen (secondary N) is 1. The number of nitrogens with zero attached hydrogens (tertiary/aromatic N) is 2. The SMILES string of the molecule is Cc1ccc(-n2cc(-c3ccc(Cl)cc3)nc2SCC(=O)NC[C@@H]2CCCO2)cc1. The average molecular weight is 442 g/mol. The van der Waals surface area contributed by atoms with Gasteiger partial charge in [0.05, 0.1) is 17.6 Å². The van der Waals surface area contributed by atoms with E-state index in [-0.39, 0.29) is 12.0 Å².